The first-order valence-corrected chi connectivity index (χ1v) is 35.4. The number of benzene rings is 10. The molecule has 1 unspecified atom stereocenters. The lowest BCUT2D eigenvalue weighted by Gasteiger charge is -2.27. The van der Waals surface area contributed by atoms with Crippen molar-refractivity contribution >= 4 is 18.1 Å². The first-order valence-electron chi connectivity index (χ1n) is 35.4. The number of fused-ring (bicyclic) bond motifs is 1. The summed E-state index contributed by atoms with van der Waals surface area (Å²) >= 11 is 0. The first kappa shape index (κ1) is 77.2. The molecule has 14 nitrogen and oxygen atoms in total. The highest BCUT2D eigenvalue weighted by Gasteiger charge is 2.25. The van der Waals surface area contributed by atoms with Gasteiger partial charge in [-0.3, -0.25) is 4.79 Å². The average molecular weight is 1400 g/mol. The van der Waals surface area contributed by atoms with Gasteiger partial charge in [-0.05, 0) is 176 Å². The molecule has 4 N–H and O–H groups in total. The van der Waals surface area contributed by atoms with Crippen molar-refractivity contribution in [2.24, 2.45) is 5.73 Å². The van der Waals surface area contributed by atoms with E-state index in [1.54, 1.807) is 41.6 Å². The number of hydrogen-bond acceptors (Lipinski definition) is 13. The Morgan fingerprint density at radius 1 is 0.413 bits per heavy atom. The van der Waals surface area contributed by atoms with Crippen LogP contribution in [0.1, 0.15) is 120 Å². The Bertz CT molecular complexity index is 4360. The van der Waals surface area contributed by atoms with E-state index in [9.17, 15) is 4.79 Å². The van der Waals surface area contributed by atoms with E-state index < -0.39 is 0 Å². The fraction of sp³-hybridized carbons (Fsp3) is 0.278. The van der Waals surface area contributed by atoms with E-state index in [0.29, 0.717) is 75.5 Å². The number of carbonyl (C=O) groups is 1. The predicted octanol–water partition coefficient (Wildman–Crippen LogP) is 18.4. The van der Waals surface area contributed by atoms with Crippen LogP contribution in [0.5, 0.6) is 57.5 Å². The van der Waals surface area contributed by atoms with Crippen molar-refractivity contribution in [3.8, 4) is 57.5 Å². The highest BCUT2D eigenvalue weighted by atomic mass is 16.5. The van der Waals surface area contributed by atoms with Crippen molar-refractivity contribution < 1.29 is 52.2 Å². The van der Waals surface area contributed by atoms with Gasteiger partial charge in [0.2, 0.25) is 5.91 Å². The van der Waals surface area contributed by atoms with Crippen LogP contribution in [0.3, 0.4) is 0 Å². The third-order valence-electron chi connectivity index (χ3n) is 17.5. The minimum atomic E-state index is -0.171. The Morgan fingerprint density at radius 3 is 1.14 bits per heavy atom. The summed E-state index contributed by atoms with van der Waals surface area (Å²) in [6, 6.07) is 74.7. The molecule has 0 spiro atoms. The summed E-state index contributed by atoms with van der Waals surface area (Å²) in [4.78, 5) is 12.8. The van der Waals surface area contributed by atoms with E-state index >= 15 is 0 Å². The Labute approximate surface area is 615 Å². The van der Waals surface area contributed by atoms with Crippen LogP contribution in [-0.2, 0) is 67.9 Å². The molecule has 1 aliphatic rings. The molecular weight excluding hydrogens is 1300 g/mol. The second-order valence-electron chi connectivity index (χ2n) is 27.2. The number of nitrogens with one attached hydrogen (secondary N) is 2. The van der Waals surface area contributed by atoms with Crippen LogP contribution < -0.4 is 63.7 Å². The number of hydrogen-bond donors (Lipinski definition) is 3. The van der Waals surface area contributed by atoms with Crippen LogP contribution in [0.25, 0.3) is 12.2 Å². The molecule has 10 aromatic rings. The van der Waals surface area contributed by atoms with Crippen LogP contribution in [0.15, 0.2) is 237 Å². The Hall–Kier alpha value is -10.9. The summed E-state index contributed by atoms with van der Waals surface area (Å²) in [5.41, 5.74) is 19.8. The van der Waals surface area contributed by atoms with Crippen LogP contribution in [-0.4, -0.2) is 61.1 Å². The van der Waals surface area contributed by atoms with Crippen molar-refractivity contribution in [1.29, 1.82) is 0 Å². The van der Waals surface area contributed by atoms with Crippen molar-refractivity contribution in [2.75, 3.05) is 55.2 Å². The van der Waals surface area contributed by atoms with Gasteiger partial charge in [0.15, 0.2) is 57.5 Å². The topological polar surface area (TPSA) is 159 Å². The van der Waals surface area contributed by atoms with Crippen molar-refractivity contribution in [2.45, 2.75) is 111 Å². The molecule has 11 rings (SSSR count). The number of amides is 1. The van der Waals surface area contributed by atoms with Crippen LogP contribution >= 0.6 is 0 Å². The van der Waals surface area contributed by atoms with Crippen LogP contribution in [0, 0.1) is 0 Å². The molecule has 0 aliphatic carbocycles. The Kier molecular flexibility index (Phi) is 28.9. The number of carbonyl (C=O) groups excluding carboxylic acids is 1. The molecule has 0 fully saturated rings. The van der Waals surface area contributed by atoms with Gasteiger partial charge in [-0.1, -0.05) is 217 Å². The monoisotopic (exact) mass is 1400 g/mol. The standard InChI is InChI=1S/C37H41NO5.C37H41NO4.C16H19NO2/c1-37(2,3)31-24-33(41-5)35(43-26-29-14-10-7-11-15-29)23-30(31)17-19-36(39)38-21-20-27-16-18-32(40-4)34(22-27)42-25-28-12-8-6-9-13-28;1-37(2,3)31-23-34(40-5)36(42-25-27-14-10-7-11-15-27)21-29(31)16-17-32-30-22-33(39-4)35(20-28(30)18-19-38-32)41-24-26-12-8-6-9-13-26;1-18-15-8-7-13(9-10-17)11-16(15)19-12-14-5-3-2-4-6-14/h6-19,22-24H,20-21,25-26H2,1-5H3,(H,38,39);6-17,20-23,32,38H,18-19,24-25H2,1-5H3;2-8,11H,9-10,12,17H2,1H3/b19-17+;17-16+;. The quantitative estimate of drug-likeness (QED) is 0.0381. The predicted molar refractivity (Wildman–Crippen MR) is 418 cm³/mol. The average Bonchev–Trinajstić information content (AvgIpc) is 0.795. The Morgan fingerprint density at radius 2 is 0.769 bits per heavy atom. The largest absolute Gasteiger partial charge is 0.493 e. The SMILES string of the molecule is COc1cc(C(C)(C)C)c(/C=C/C2NCCc3cc(OCc4ccccc4)c(OC)cc32)cc1OCc1ccccc1.COc1ccc(CCN)cc1OCc1ccccc1.COc1ccc(CCNC(=O)/C=C/c2cc(OCc3ccccc3)c(OC)cc2C(C)(C)C)cc1OCc1ccccc1. The summed E-state index contributed by atoms with van der Waals surface area (Å²) in [5.74, 6) is 6.96. The van der Waals surface area contributed by atoms with E-state index in [1.165, 1.54) is 16.7 Å². The highest BCUT2D eigenvalue weighted by Crippen LogP contribution is 2.42. The molecule has 0 bridgehead atoms. The molecule has 0 saturated heterocycles. The van der Waals surface area contributed by atoms with E-state index in [-0.39, 0.29) is 22.8 Å². The van der Waals surface area contributed by atoms with Crippen molar-refractivity contribution in [3.63, 3.8) is 0 Å². The summed E-state index contributed by atoms with van der Waals surface area (Å²) < 4.78 is 58.5. The molecule has 104 heavy (non-hydrogen) atoms. The van der Waals surface area contributed by atoms with Crippen LogP contribution in [0.4, 0.5) is 0 Å². The van der Waals surface area contributed by atoms with Gasteiger partial charge >= 0.3 is 0 Å². The van der Waals surface area contributed by atoms with E-state index in [1.807, 2.05) is 182 Å². The van der Waals surface area contributed by atoms with Gasteiger partial charge in [-0.2, -0.15) is 0 Å². The van der Waals surface area contributed by atoms with E-state index in [4.69, 9.17) is 53.1 Å². The number of methoxy groups -OCH3 is 5. The lowest BCUT2D eigenvalue weighted by molar-refractivity contribution is -0.116. The molecule has 10 aromatic carbocycles. The highest BCUT2D eigenvalue weighted by molar-refractivity contribution is 5.92. The van der Waals surface area contributed by atoms with Crippen LogP contribution in [0.2, 0.25) is 0 Å². The summed E-state index contributed by atoms with van der Waals surface area (Å²) in [6.45, 7) is 17.4. The maximum Gasteiger partial charge on any atom is 0.244 e. The summed E-state index contributed by atoms with van der Waals surface area (Å²) in [5, 5.41) is 6.67. The van der Waals surface area contributed by atoms with Gasteiger partial charge in [0.1, 0.15) is 33.0 Å². The smallest absolute Gasteiger partial charge is 0.244 e. The van der Waals surface area contributed by atoms with Gasteiger partial charge in [-0.25, -0.2) is 0 Å². The van der Waals surface area contributed by atoms with Gasteiger partial charge in [-0.15, -0.1) is 0 Å². The molecule has 1 aliphatic heterocycles. The zero-order chi connectivity index (χ0) is 73.7. The van der Waals surface area contributed by atoms with E-state index in [0.717, 1.165) is 110 Å². The molecule has 14 heteroatoms. The number of rotatable bonds is 29. The zero-order valence-corrected chi connectivity index (χ0v) is 62.1. The van der Waals surface area contributed by atoms with Crippen molar-refractivity contribution in [1.82, 2.24) is 10.6 Å². The molecule has 1 atom stereocenters. The molecule has 0 saturated carbocycles. The second-order valence-corrected chi connectivity index (χ2v) is 27.2. The normalized spacial score (nSPS) is 12.5. The number of nitrogens with two attached hydrogens (primary N) is 1. The fourth-order valence-electron chi connectivity index (χ4n) is 11.9. The second kappa shape index (κ2) is 38.9. The van der Waals surface area contributed by atoms with Gasteiger partial charge in [0, 0.05) is 19.2 Å². The number of ether oxygens (including phenoxy) is 10. The molecule has 1 amide bonds. The van der Waals surface area contributed by atoms with Gasteiger partial charge in [0.05, 0.1) is 41.6 Å². The molecule has 542 valence electrons. The van der Waals surface area contributed by atoms with E-state index in [2.05, 4.69) is 113 Å². The summed E-state index contributed by atoms with van der Waals surface area (Å²) in [6.07, 6.45) is 10.3. The third-order valence-corrected chi connectivity index (χ3v) is 17.5. The first-order chi connectivity index (χ1) is 50.4. The van der Waals surface area contributed by atoms with Gasteiger partial charge in [0.25, 0.3) is 0 Å². The molecule has 1 heterocycles. The molecular formula is C90H101N3O11. The molecule has 0 aromatic heterocycles. The fourth-order valence-corrected chi connectivity index (χ4v) is 11.9. The minimum absolute atomic E-state index is 0.0365. The lowest BCUT2D eigenvalue weighted by Crippen LogP contribution is -2.28. The molecule has 0 radical (unpaired) electrons. The lowest BCUT2D eigenvalue weighted by atomic mass is 9.83. The Balaban J connectivity index is 0.000000194. The van der Waals surface area contributed by atoms with Gasteiger partial charge < -0.3 is 63.7 Å². The third kappa shape index (κ3) is 23.0. The summed E-state index contributed by atoms with van der Waals surface area (Å²) in [7, 11) is 8.31. The maximum absolute atomic E-state index is 12.8. The van der Waals surface area contributed by atoms with Crippen molar-refractivity contribution in [3.05, 3.63) is 309 Å². The maximum atomic E-state index is 12.8. The minimum Gasteiger partial charge on any atom is -0.493 e. The zero-order valence-electron chi connectivity index (χ0n) is 62.1.